The highest BCUT2D eigenvalue weighted by atomic mass is 32.2. The molecule has 1 fully saturated rings. The number of piperidine rings is 1. The third kappa shape index (κ3) is 3.82. The number of carbonyl (C=O) groups excluding carboxylic acids is 2. The normalized spacial score (nSPS) is 20.2. The number of nitrogens with zero attached hydrogens (tertiary/aromatic N) is 2. The van der Waals surface area contributed by atoms with Crippen LogP contribution in [0.25, 0.3) is 10.9 Å². The zero-order chi connectivity index (χ0) is 23.2. The van der Waals surface area contributed by atoms with Gasteiger partial charge in [-0.1, -0.05) is 30.3 Å². The molecule has 170 valence electrons. The number of ether oxygens (including phenoxy) is 1. The number of carbonyl (C=O) groups is 2. The number of esters is 1. The molecule has 2 aliphatic heterocycles. The number of sulfonamides is 1. The summed E-state index contributed by atoms with van der Waals surface area (Å²) < 4.78 is 34.3. The van der Waals surface area contributed by atoms with Gasteiger partial charge in [0.05, 0.1) is 5.92 Å². The molecule has 2 aromatic carbocycles. The first-order valence-electron chi connectivity index (χ1n) is 10.9. The Bertz CT molecular complexity index is 1390. The predicted molar refractivity (Wildman–Crippen MR) is 123 cm³/mol. The smallest absolute Gasteiger partial charge is 0.311 e. The van der Waals surface area contributed by atoms with Crippen LogP contribution in [-0.4, -0.2) is 55.1 Å². The van der Waals surface area contributed by atoms with E-state index in [0.29, 0.717) is 36.3 Å². The maximum Gasteiger partial charge on any atom is 0.311 e. The summed E-state index contributed by atoms with van der Waals surface area (Å²) in [6, 6.07) is 14.1. The topological polar surface area (TPSA) is 109 Å². The number of hydrogen-bond donors (Lipinski definition) is 1. The van der Waals surface area contributed by atoms with E-state index in [2.05, 4.69) is 9.38 Å². The fourth-order valence-corrected chi connectivity index (χ4v) is 5.72. The van der Waals surface area contributed by atoms with Gasteiger partial charge < -0.3 is 14.6 Å². The van der Waals surface area contributed by atoms with Gasteiger partial charge in [0.25, 0.3) is 10.0 Å². The molecule has 0 amide bonds. The summed E-state index contributed by atoms with van der Waals surface area (Å²) in [5, 5.41) is 0.786. The third-order valence-electron chi connectivity index (χ3n) is 6.18. The highest BCUT2D eigenvalue weighted by Gasteiger charge is 2.36. The number of H-pyrrole nitrogens is 1. The average Bonchev–Trinajstić information content (AvgIpc) is 3.37. The van der Waals surface area contributed by atoms with Gasteiger partial charge in [0.1, 0.15) is 4.90 Å². The lowest BCUT2D eigenvalue weighted by Crippen LogP contribution is -2.43. The number of amidine groups is 1. The molecule has 9 heteroatoms. The number of ketones is 1. The molecule has 33 heavy (non-hydrogen) atoms. The van der Waals surface area contributed by atoms with E-state index >= 15 is 0 Å². The maximum atomic E-state index is 12.9. The van der Waals surface area contributed by atoms with Crippen LogP contribution in [0.15, 0.2) is 64.0 Å². The van der Waals surface area contributed by atoms with E-state index in [9.17, 15) is 18.0 Å². The molecular weight excluding hydrogens is 442 g/mol. The number of aromatic amines is 1. The van der Waals surface area contributed by atoms with Crippen molar-refractivity contribution >= 4 is 38.5 Å². The second-order valence-electron chi connectivity index (χ2n) is 8.36. The van der Waals surface area contributed by atoms with Gasteiger partial charge in [0, 0.05) is 41.3 Å². The van der Waals surface area contributed by atoms with Crippen molar-refractivity contribution in [3.8, 4) is 0 Å². The van der Waals surface area contributed by atoms with E-state index in [0.717, 1.165) is 10.9 Å². The number of aromatic nitrogens is 1. The Hall–Kier alpha value is -3.46. The van der Waals surface area contributed by atoms with Crippen LogP contribution in [0.2, 0.25) is 0 Å². The molecule has 2 atom stereocenters. The Balaban J connectivity index is 1.29. The number of fused-ring (bicyclic) bond motifs is 2. The summed E-state index contributed by atoms with van der Waals surface area (Å²) in [4.78, 5) is 30.9. The first-order chi connectivity index (χ1) is 15.8. The Labute approximate surface area is 191 Å². The van der Waals surface area contributed by atoms with Crippen LogP contribution < -0.4 is 0 Å². The van der Waals surface area contributed by atoms with Gasteiger partial charge in [0.15, 0.2) is 11.9 Å². The highest BCUT2D eigenvalue weighted by Crippen LogP contribution is 2.30. The molecule has 8 nitrogen and oxygen atoms in total. The molecule has 0 aliphatic carbocycles. The monoisotopic (exact) mass is 465 g/mol. The quantitative estimate of drug-likeness (QED) is 0.468. The summed E-state index contributed by atoms with van der Waals surface area (Å²) in [5.41, 5.74) is 1.88. The summed E-state index contributed by atoms with van der Waals surface area (Å²) in [6.07, 6.45) is 1.99. The zero-order valence-corrected chi connectivity index (χ0v) is 18.8. The van der Waals surface area contributed by atoms with Crippen LogP contribution in [0.1, 0.15) is 35.7 Å². The Morgan fingerprint density at radius 1 is 1.15 bits per heavy atom. The third-order valence-corrected chi connectivity index (χ3v) is 7.51. The number of para-hydroxylation sites is 1. The maximum absolute atomic E-state index is 12.9. The van der Waals surface area contributed by atoms with Crippen molar-refractivity contribution in [3.63, 3.8) is 0 Å². The second kappa shape index (κ2) is 8.15. The molecule has 1 saturated heterocycles. The second-order valence-corrected chi connectivity index (χ2v) is 9.94. The molecule has 3 heterocycles. The SMILES string of the molecule is CC(OC(=O)C1CCCN(C2=NS(=O)(=O)c3ccccc32)C1)C(=O)c1c[nH]c2ccccc12. The van der Waals surface area contributed by atoms with Gasteiger partial charge in [-0.05, 0) is 38.0 Å². The van der Waals surface area contributed by atoms with Crippen molar-refractivity contribution in [1.29, 1.82) is 0 Å². The van der Waals surface area contributed by atoms with Crippen molar-refractivity contribution in [1.82, 2.24) is 9.88 Å². The molecule has 0 saturated carbocycles. The number of rotatable bonds is 4. The summed E-state index contributed by atoms with van der Waals surface area (Å²) in [6.45, 7) is 2.46. The van der Waals surface area contributed by atoms with E-state index in [1.54, 1.807) is 31.3 Å². The van der Waals surface area contributed by atoms with Crippen molar-refractivity contribution in [2.45, 2.75) is 30.8 Å². The summed E-state index contributed by atoms with van der Waals surface area (Å²) in [7, 11) is -3.73. The minimum absolute atomic E-state index is 0.183. The summed E-state index contributed by atoms with van der Waals surface area (Å²) in [5.74, 6) is -0.843. The van der Waals surface area contributed by atoms with E-state index in [1.165, 1.54) is 6.07 Å². The lowest BCUT2D eigenvalue weighted by atomic mass is 9.97. The fraction of sp³-hybridized carbons (Fsp3) is 0.292. The van der Waals surface area contributed by atoms with Gasteiger partial charge >= 0.3 is 5.97 Å². The highest BCUT2D eigenvalue weighted by molar-refractivity contribution is 7.90. The Morgan fingerprint density at radius 3 is 2.76 bits per heavy atom. The lowest BCUT2D eigenvalue weighted by molar-refractivity contribution is -0.152. The largest absolute Gasteiger partial charge is 0.454 e. The Morgan fingerprint density at radius 2 is 1.91 bits per heavy atom. The lowest BCUT2D eigenvalue weighted by Gasteiger charge is -2.33. The molecule has 1 aromatic heterocycles. The molecule has 2 unspecified atom stereocenters. The van der Waals surface area contributed by atoms with E-state index in [-0.39, 0.29) is 17.2 Å². The number of likely N-dealkylation sites (tertiary alicyclic amines) is 1. The molecule has 0 radical (unpaired) electrons. The molecule has 2 aliphatic rings. The Kier molecular flexibility index (Phi) is 5.28. The van der Waals surface area contributed by atoms with Crippen LogP contribution in [0, 0.1) is 5.92 Å². The minimum Gasteiger partial charge on any atom is -0.454 e. The molecule has 1 N–H and O–H groups in total. The standard InChI is InChI=1S/C24H23N3O5S/c1-15(22(28)19-13-25-20-10-4-2-8-17(19)20)32-24(29)16-7-6-12-27(14-16)23-18-9-3-5-11-21(18)33(30,31)26-23/h2-5,8-11,13,15-16,25H,6-7,12,14H2,1H3. The number of hydrogen-bond acceptors (Lipinski definition) is 6. The van der Waals surface area contributed by atoms with Crippen LogP contribution >= 0.6 is 0 Å². The van der Waals surface area contributed by atoms with Crippen molar-refractivity contribution < 1.29 is 22.7 Å². The van der Waals surface area contributed by atoms with Gasteiger partial charge in [-0.2, -0.15) is 8.42 Å². The van der Waals surface area contributed by atoms with E-state index in [4.69, 9.17) is 4.74 Å². The molecule has 0 bridgehead atoms. The van der Waals surface area contributed by atoms with Crippen molar-refractivity contribution in [2.75, 3.05) is 13.1 Å². The molecule has 5 rings (SSSR count). The van der Waals surface area contributed by atoms with Gasteiger partial charge in [-0.3, -0.25) is 9.59 Å². The van der Waals surface area contributed by atoms with Crippen LogP contribution in [0.4, 0.5) is 0 Å². The average molecular weight is 466 g/mol. The first kappa shape index (κ1) is 21.4. The van der Waals surface area contributed by atoms with Crippen LogP contribution in [0.3, 0.4) is 0 Å². The van der Waals surface area contributed by atoms with E-state index < -0.39 is 28.0 Å². The van der Waals surface area contributed by atoms with E-state index in [1.807, 2.05) is 29.2 Å². The predicted octanol–water partition coefficient (Wildman–Crippen LogP) is 3.14. The number of Topliss-reactive ketones (excluding diaryl/α,β-unsaturated/α-hetero) is 1. The first-order valence-corrected chi connectivity index (χ1v) is 12.3. The van der Waals surface area contributed by atoms with Crippen molar-refractivity contribution in [2.24, 2.45) is 10.3 Å². The van der Waals surface area contributed by atoms with Crippen molar-refractivity contribution in [3.05, 3.63) is 65.9 Å². The molecule has 3 aromatic rings. The fourth-order valence-electron chi connectivity index (χ4n) is 4.50. The molecular formula is C24H23N3O5S. The van der Waals surface area contributed by atoms with Gasteiger partial charge in [-0.25, -0.2) is 0 Å². The van der Waals surface area contributed by atoms with Crippen LogP contribution in [0.5, 0.6) is 0 Å². The number of benzene rings is 2. The van der Waals surface area contributed by atoms with Gasteiger partial charge in [-0.15, -0.1) is 4.40 Å². The van der Waals surface area contributed by atoms with Gasteiger partial charge in [0.2, 0.25) is 5.78 Å². The molecule has 0 spiro atoms. The summed E-state index contributed by atoms with van der Waals surface area (Å²) >= 11 is 0. The number of nitrogens with one attached hydrogen (secondary N) is 1. The zero-order valence-electron chi connectivity index (χ0n) is 18.0. The van der Waals surface area contributed by atoms with Crippen LogP contribution in [-0.2, 0) is 19.6 Å². The minimum atomic E-state index is -3.73.